The molecule has 8 heteroatoms. The van der Waals surface area contributed by atoms with Crippen molar-refractivity contribution in [3.63, 3.8) is 0 Å². The maximum absolute atomic E-state index is 12.3. The summed E-state index contributed by atoms with van der Waals surface area (Å²) in [6.07, 6.45) is 0. The van der Waals surface area contributed by atoms with Gasteiger partial charge in [-0.2, -0.15) is 10.1 Å². The van der Waals surface area contributed by atoms with E-state index in [9.17, 15) is 4.79 Å². The zero-order chi connectivity index (χ0) is 21.3. The van der Waals surface area contributed by atoms with Crippen LogP contribution >= 0.6 is 0 Å². The minimum atomic E-state index is -0.523. The van der Waals surface area contributed by atoms with Crippen LogP contribution < -0.4 is 20.5 Å². The largest absolute Gasteiger partial charge is 0.493 e. The fourth-order valence-corrected chi connectivity index (χ4v) is 3.60. The average Bonchev–Trinajstić information content (AvgIpc) is 3.11. The van der Waals surface area contributed by atoms with Crippen LogP contribution in [0.15, 0.2) is 59.8 Å². The maximum atomic E-state index is 12.3. The second kappa shape index (κ2) is 7.90. The molecule has 1 aliphatic rings. The SMILES string of the molecule is COc1ccc(C2C(C(N)=O)=C(C)Nc3nc(C)nn32)cc1OCc1ccccc1. The lowest BCUT2D eigenvalue weighted by Crippen LogP contribution is -2.31. The summed E-state index contributed by atoms with van der Waals surface area (Å²) < 4.78 is 13.2. The zero-order valence-electron chi connectivity index (χ0n) is 17.0. The molecule has 3 aromatic rings. The van der Waals surface area contributed by atoms with Crippen molar-refractivity contribution in [1.82, 2.24) is 14.8 Å². The summed E-state index contributed by atoms with van der Waals surface area (Å²) in [6.45, 7) is 3.99. The number of aryl methyl sites for hydroxylation is 1. The predicted octanol–water partition coefficient (Wildman–Crippen LogP) is 2.95. The first-order chi connectivity index (χ1) is 14.5. The Morgan fingerprint density at radius 2 is 1.93 bits per heavy atom. The van der Waals surface area contributed by atoms with Crippen LogP contribution in [-0.2, 0) is 11.4 Å². The van der Waals surface area contributed by atoms with Crippen molar-refractivity contribution >= 4 is 11.9 Å². The van der Waals surface area contributed by atoms with E-state index in [0.29, 0.717) is 41.1 Å². The molecule has 1 amide bonds. The molecule has 2 heterocycles. The number of rotatable bonds is 6. The molecule has 1 unspecified atom stereocenters. The van der Waals surface area contributed by atoms with E-state index in [-0.39, 0.29) is 0 Å². The highest BCUT2D eigenvalue weighted by atomic mass is 16.5. The Bertz CT molecular complexity index is 1120. The van der Waals surface area contributed by atoms with E-state index in [1.54, 1.807) is 25.6 Å². The second-order valence-corrected chi connectivity index (χ2v) is 7.04. The summed E-state index contributed by atoms with van der Waals surface area (Å²) in [5, 5.41) is 7.58. The van der Waals surface area contributed by atoms with E-state index in [1.807, 2.05) is 48.5 Å². The number of benzene rings is 2. The van der Waals surface area contributed by atoms with Gasteiger partial charge in [0.2, 0.25) is 11.9 Å². The number of hydrogen-bond donors (Lipinski definition) is 2. The minimum Gasteiger partial charge on any atom is -0.493 e. The summed E-state index contributed by atoms with van der Waals surface area (Å²) >= 11 is 0. The van der Waals surface area contributed by atoms with Crippen molar-refractivity contribution in [1.29, 1.82) is 0 Å². The number of nitrogens with two attached hydrogens (primary N) is 1. The number of amides is 1. The molecule has 8 nitrogen and oxygen atoms in total. The normalized spacial score (nSPS) is 15.4. The minimum absolute atomic E-state index is 0.387. The van der Waals surface area contributed by atoms with Gasteiger partial charge < -0.3 is 20.5 Å². The van der Waals surface area contributed by atoms with Crippen molar-refractivity contribution in [3.8, 4) is 11.5 Å². The molecule has 4 rings (SSSR count). The second-order valence-electron chi connectivity index (χ2n) is 7.04. The molecular formula is C22H23N5O3. The third-order valence-corrected chi connectivity index (χ3v) is 4.96. The lowest BCUT2D eigenvalue weighted by atomic mass is 9.95. The van der Waals surface area contributed by atoms with Crippen LogP contribution in [-0.4, -0.2) is 27.8 Å². The van der Waals surface area contributed by atoms with Crippen LogP contribution in [0.25, 0.3) is 0 Å². The third kappa shape index (κ3) is 3.59. The summed E-state index contributed by atoms with van der Waals surface area (Å²) in [6, 6.07) is 14.9. The van der Waals surface area contributed by atoms with Gasteiger partial charge in [-0.05, 0) is 37.1 Å². The smallest absolute Gasteiger partial charge is 0.248 e. The monoisotopic (exact) mass is 405 g/mol. The van der Waals surface area contributed by atoms with Crippen molar-refractivity contribution in [3.05, 3.63) is 76.8 Å². The van der Waals surface area contributed by atoms with Gasteiger partial charge in [0.1, 0.15) is 18.5 Å². The number of carbonyl (C=O) groups excluding carboxylic acids is 1. The summed E-state index contributed by atoms with van der Waals surface area (Å²) in [4.78, 5) is 16.7. The number of methoxy groups -OCH3 is 1. The molecule has 0 bridgehead atoms. The van der Waals surface area contributed by atoms with Crippen molar-refractivity contribution < 1.29 is 14.3 Å². The van der Waals surface area contributed by atoms with Gasteiger partial charge in [-0.15, -0.1) is 0 Å². The van der Waals surface area contributed by atoms with Gasteiger partial charge in [-0.1, -0.05) is 36.4 Å². The van der Waals surface area contributed by atoms with Crippen LogP contribution in [0, 0.1) is 6.92 Å². The van der Waals surface area contributed by atoms with Crippen molar-refractivity contribution in [2.75, 3.05) is 12.4 Å². The summed E-state index contributed by atoms with van der Waals surface area (Å²) in [7, 11) is 1.59. The Labute approximate surface area is 174 Å². The molecule has 0 aliphatic carbocycles. The van der Waals surface area contributed by atoms with Crippen LogP contribution in [0.5, 0.6) is 11.5 Å². The quantitative estimate of drug-likeness (QED) is 0.653. The number of hydrogen-bond acceptors (Lipinski definition) is 6. The number of carbonyl (C=O) groups is 1. The average molecular weight is 405 g/mol. The predicted molar refractivity (Wildman–Crippen MR) is 112 cm³/mol. The fraction of sp³-hybridized carbons (Fsp3) is 0.227. The Hall–Kier alpha value is -3.81. The van der Waals surface area contributed by atoms with E-state index < -0.39 is 11.9 Å². The molecule has 2 aromatic carbocycles. The van der Waals surface area contributed by atoms with Crippen LogP contribution in [0.1, 0.15) is 29.9 Å². The van der Waals surface area contributed by atoms with Gasteiger partial charge in [0.25, 0.3) is 0 Å². The highest BCUT2D eigenvalue weighted by Crippen LogP contribution is 2.38. The number of aromatic nitrogens is 3. The number of allylic oxidation sites excluding steroid dienone is 1. The zero-order valence-corrected chi connectivity index (χ0v) is 17.0. The molecule has 1 aliphatic heterocycles. The van der Waals surface area contributed by atoms with Crippen LogP contribution in [0.4, 0.5) is 5.95 Å². The number of fused-ring (bicyclic) bond motifs is 1. The molecule has 0 saturated carbocycles. The van der Waals surface area contributed by atoms with Gasteiger partial charge in [-0.25, -0.2) is 4.68 Å². The van der Waals surface area contributed by atoms with Crippen LogP contribution in [0.3, 0.4) is 0 Å². The molecule has 0 saturated heterocycles. The van der Waals surface area contributed by atoms with Gasteiger partial charge in [0, 0.05) is 5.70 Å². The lowest BCUT2D eigenvalue weighted by molar-refractivity contribution is -0.115. The molecule has 1 atom stereocenters. The first-order valence-corrected chi connectivity index (χ1v) is 9.53. The number of anilines is 1. The molecule has 1 aromatic heterocycles. The lowest BCUT2D eigenvalue weighted by Gasteiger charge is -2.28. The van der Waals surface area contributed by atoms with Crippen molar-refractivity contribution in [2.24, 2.45) is 5.73 Å². The van der Waals surface area contributed by atoms with Gasteiger partial charge in [0.05, 0.1) is 12.7 Å². The maximum Gasteiger partial charge on any atom is 0.248 e. The van der Waals surface area contributed by atoms with Gasteiger partial charge >= 0.3 is 0 Å². The molecule has 3 N–H and O–H groups in total. The highest BCUT2D eigenvalue weighted by Gasteiger charge is 2.33. The van der Waals surface area contributed by atoms with Gasteiger partial charge in [-0.3, -0.25) is 4.79 Å². The molecule has 154 valence electrons. The third-order valence-electron chi connectivity index (χ3n) is 4.96. The molecule has 0 fully saturated rings. The first-order valence-electron chi connectivity index (χ1n) is 9.53. The van der Waals surface area contributed by atoms with E-state index in [0.717, 1.165) is 11.1 Å². The van der Waals surface area contributed by atoms with E-state index in [1.165, 1.54) is 0 Å². The van der Waals surface area contributed by atoms with E-state index in [2.05, 4.69) is 15.4 Å². The number of nitrogens with one attached hydrogen (secondary N) is 1. The highest BCUT2D eigenvalue weighted by molar-refractivity contribution is 5.95. The van der Waals surface area contributed by atoms with Crippen LogP contribution in [0.2, 0.25) is 0 Å². The Morgan fingerprint density at radius 3 is 2.63 bits per heavy atom. The Kier molecular flexibility index (Phi) is 5.14. The summed E-state index contributed by atoms with van der Waals surface area (Å²) in [5.74, 6) is 1.79. The molecule has 0 spiro atoms. The number of ether oxygens (including phenoxy) is 2. The number of primary amides is 1. The van der Waals surface area contributed by atoms with Crippen molar-refractivity contribution in [2.45, 2.75) is 26.5 Å². The topological polar surface area (TPSA) is 104 Å². The standard InChI is InChI=1S/C22H23N5O3/c1-13-19(21(23)28)20(27-22(24-13)25-14(2)26-27)16-9-10-17(29-3)18(11-16)30-12-15-7-5-4-6-8-15/h4-11,20H,12H2,1-3H3,(H2,23,28)(H,24,25,26). The first kappa shape index (κ1) is 19.5. The molecule has 0 radical (unpaired) electrons. The molecule has 30 heavy (non-hydrogen) atoms. The summed E-state index contributed by atoms with van der Waals surface area (Å²) in [5.41, 5.74) is 8.62. The van der Waals surface area contributed by atoms with Gasteiger partial charge in [0.15, 0.2) is 11.5 Å². The number of nitrogens with zero attached hydrogens (tertiary/aromatic N) is 3. The van der Waals surface area contributed by atoms with E-state index >= 15 is 0 Å². The fourth-order valence-electron chi connectivity index (χ4n) is 3.60. The molecular weight excluding hydrogens is 382 g/mol. The Morgan fingerprint density at radius 1 is 1.17 bits per heavy atom. The van der Waals surface area contributed by atoms with E-state index in [4.69, 9.17) is 15.2 Å². The Balaban J connectivity index is 1.76.